The van der Waals surface area contributed by atoms with Crippen LogP contribution >= 0.6 is 0 Å². The van der Waals surface area contributed by atoms with Crippen molar-refractivity contribution in [3.8, 4) is 17.0 Å². The lowest BCUT2D eigenvalue weighted by Crippen LogP contribution is -2.68. The fourth-order valence-corrected chi connectivity index (χ4v) is 6.73. The van der Waals surface area contributed by atoms with E-state index in [9.17, 15) is 26.4 Å². The molecule has 15 heteroatoms. The summed E-state index contributed by atoms with van der Waals surface area (Å²) in [5.41, 5.74) is 6.22. The highest BCUT2D eigenvalue weighted by Gasteiger charge is 2.51. The first kappa shape index (κ1) is 24.4. The molecule has 4 heterocycles. The summed E-state index contributed by atoms with van der Waals surface area (Å²) in [5, 5.41) is 4.09. The summed E-state index contributed by atoms with van der Waals surface area (Å²) < 4.78 is 74.6. The summed E-state index contributed by atoms with van der Waals surface area (Å²) in [6.07, 6.45) is -1.53. The second-order valence-electron chi connectivity index (χ2n) is 9.38. The number of hydrogen-bond acceptors (Lipinski definition) is 9. The zero-order valence-corrected chi connectivity index (χ0v) is 20.0. The summed E-state index contributed by atoms with van der Waals surface area (Å²) >= 11 is 0. The maximum Gasteiger partial charge on any atom is 0.491 e. The summed E-state index contributed by atoms with van der Waals surface area (Å²) in [6.45, 7) is 2.81. The number of carbonyl (C=O) groups excluding carboxylic acids is 1. The molecule has 3 fully saturated rings. The number of carbonyl (C=O) groups is 1. The van der Waals surface area contributed by atoms with E-state index in [0.717, 1.165) is 18.7 Å². The third-order valence-corrected chi connectivity index (χ3v) is 8.07. The van der Waals surface area contributed by atoms with Gasteiger partial charge in [-0.2, -0.15) is 18.3 Å². The van der Waals surface area contributed by atoms with Crippen LogP contribution in [0, 0.1) is 12.8 Å². The topological polar surface area (TPSA) is 145 Å². The number of nitrogens with one attached hydrogen (secondary N) is 1. The Morgan fingerprint density at radius 3 is 2.67 bits per heavy atom. The molecule has 0 amide bonds. The normalized spacial score (nSPS) is 22.4. The number of aryl methyl sites for hydroxylation is 1. The summed E-state index contributed by atoms with van der Waals surface area (Å²) in [6, 6.07) is 2.23. The number of nitrogens with zero attached hydrogens (tertiary/aromatic N) is 5. The molecule has 2 saturated heterocycles. The predicted molar refractivity (Wildman–Crippen MR) is 120 cm³/mol. The SMILES string of the molecule is Cc1cc(OC(=O)C(F)(F)F)c(S(=O)(=O)NC23CC(CN(C)C2)C3)cc1-c1cnc2c(N)ncnn12. The number of rotatable bonds is 5. The van der Waals surface area contributed by atoms with E-state index in [1.54, 1.807) is 0 Å². The molecule has 2 bridgehead atoms. The zero-order chi connectivity index (χ0) is 26.0. The third-order valence-electron chi connectivity index (χ3n) is 6.47. The van der Waals surface area contributed by atoms with E-state index in [1.807, 2.05) is 11.9 Å². The molecule has 192 valence electrons. The van der Waals surface area contributed by atoms with Crippen LogP contribution < -0.4 is 15.2 Å². The highest BCUT2D eigenvalue weighted by molar-refractivity contribution is 7.89. The van der Waals surface area contributed by atoms with Gasteiger partial charge in [-0.25, -0.2) is 32.4 Å². The number of piperidine rings is 2. The van der Waals surface area contributed by atoms with Crippen molar-refractivity contribution in [1.82, 2.24) is 29.2 Å². The van der Waals surface area contributed by atoms with Crippen LogP contribution in [-0.4, -0.2) is 70.7 Å². The molecule has 2 aromatic heterocycles. The first-order valence-corrected chi connectivity index (χ1v) is 12.4. The van der Waals surface area contributed by atoms with Crippen molar-refractivity contribution in [2.75, 3.05) is 25.9 Å². The molecule has 11 nitrogen and oxygen atoms in total. The van der Waals surface area contributed by atoms with E-state index < -0.39 is 38.4 Å². The fourth-order valence-electron chi connectivity index (χ4n) is 5.18. The van der Waals surface area contributed by atoms with Gasteiger partial charge in [-0.15, -0.1) is 0 Å². The lowest BCUT2D eigenvalue weighted by Gasteiger charge is -2.55. The quantitative estimate of drug-likeness (QED) is 0.374. The largest absolute Gasteiger partial charge is 0.491 e. The van der Waals surface area contributed by atoms with Crippen LogP contribution in [0.15, 0.2) is 29.6 Å². The van der Waals surface area contributed by atoms with Gasteiger partial charge >= 0.3 is 12.1 Å². The number of imidazole rings is 1. The second-order valence-corrected chi connectivity index (χ2v) is 11.0. The van der Waals surface area contributed by atoms with Crippen LogP contribution in [0.5, 0.6) is 5.75 Å². The molecule has 3 aromatic rings. The fraction of sp³-hybridized carbons (Fsp3) is 0.429. The van der Waals surface area contributed by atoms with E-state index in [-0.39, 0.29) is 17.0 Å². The molecule has 0 spiro atoms. The monoisotopic (exact) mass is 525 g/mol. The number of benzene rings is 1. The minimum Gasteiger partial charge on any atom is -0.418 e. The van der Waals surface area contributed by atoms with Gasteiger partial charge in [0.25, 0.3) is 0 Å². The minimum atomic E-state index is -5.32. The van der Waals surface area contributed by atoms with Crippen molar-refractivity contribution in [2.45, 2.75) is 36.4 Å². The average molecular weight is 526 g/mol. The number of sulfonamides is 1. The van der Waals surface area contributed by atoms with Crippen molar-refractivity contribution in [2.24, 2.45) is 5.92 Å². The standard InChI is InChI=1S/C21H22F3N7O4S/c1-11-3-15(35-19(32)21(22,23)24)16(36(33,34)29-20-5-12(6-20)8-30(2)9-20)4-13(11)14-7-26-18-17(25)27-10-28-31(14)18/h3-4,7,10,12,29H,5-6,8-9H2,1-2H3,(H2,25,27,28). The minimum absolute atomic E-state index is 0.0826. The van der Waals surface area contributed by atoms with Crippen LogP contribution in [0.2, 0.25) is 0 Å². The van der Waals surface area contributed by atoms with E-state index in [4.69, 9.17) is 5.73 Å². The van der Waals surface area contributed by atoms with Gasteiger partial charge in [-0.1, -0.05) is 0 Å². The maximum absolute atomic E-state index is 13.6. The molecule has 3 N–H and O–H groups in total. The Balaban J connectivity index is 1.63. The van der Waals surface area contributed by atoms with Crippen molar-refractivity contribution in [3.05, 3.63) is 30.2 Å². The number of likely N-dealkylation sites (N-methyl/N-ethyl adjacent to an activating group) is 1. The van der Waals surface area contributed by atoms with Gasteiger partial charge in [0.05, 0.1) is 11.9 Å². The number of nitrogens with two attached hydrogens (primary N) is 1. The summed E-state index contributed by atoms with van der Waals surface area (Å²) in [4.78, 5) is 21.0. The first-order valence-electron chi connectivity index (χ1n) is 10.9. The van der Waals surface area contributed by atoms with Crippen molar-refractivity contribution in [1.29, 1.82) is 0 Å². The molecule has 1 aliphatic carbocycles. The van der Waals surface area contributed by atoms with Gasteiger partial charge in [-0.3, -0.25) is 0 Å². The maximum atomic E-state index is 13.6. The number of aromatic nitrogens is 4. The first-order chi connectivity index (χ1) is 16.8. The van der Waals surface area contributed by atoms with E-state index in [2.05, 4.69) is 24.5 Å². The zero-order valence-electron chi connectivity index (χ0n) is 19.2. The molecule has 0 atom stereocenters. The Hall–Kier alpha value is -3.30. The molecule has 1 saturated carbocycles. The molecule has 1 aromatic carbocycles. The molecular weight excluding hydrogens is 503 g/mol. The average Bonchev–Trinajstić information content (AvgIpc) is 3.16. The summed E-state index contributed by atoms with van der Waals surface area (Å²) in [5.74, 6) is -2.85. The van der Waals surface area contributed by atoms with Crippen LogP contribution in [0.25, 0.3) is 16.9 Å². The van der Waals surface area contributed by atoms with Gasteiger partial charge in [0.15, 0.2) is 17.2 Å². The van der Waals surface area contributed by atoms with Crippen LogP contribution in [-0.2, 0) is 14.8 Å². The molecule has 36 heavy (non-hydrogen) atoms. The van der Waals surface area contributed by atoms with E-state index >= 15 is 0 Å². The van der Waals surface area contributed by atoms with Gasteiger partial charge in [0.1, 0.15) is 11.2 Å². The highest BCUT2D eigenvalue weighted by atomic mass is 32.2. The van der Waals surface area contributed by atoms with Crippen LogP contribution in [0.4, 0.5) is 19.0 Å². The molecule has 3 aliphatic rings. The Labute approximate surface area is 203 Å². The Morgan fingerprint density at radius 2 is 2.00 bits per heavy atom. The van der Waals surface area contributed by atoms with E-state index in [0.29, 0.717) is 36.6 Å². The lowest BCUT2D eigenvalue weighted by atomic mass is 9.65. The number of hydrogen-bond donors (Lipinski definition) is 2. The number of nitrogen functional groups attached to an aromatic ring is 1. The number of halogens is 3. The molecule has 6 rings (SSSR count). The van der Waals surface area contributed by atoms with E-state index in [1.165, 1.54) is 24.0 Å². The Morgan fingerprint density at radius 1 is 1.28 bits per heavy atom. The number of esters is 1. The molecule has 0 unspecified atom stereocenters. The smallest absolute Gasteiger partial charge is 0.418 e. The van der Waals surface area contributed by atoms with Gasteiger partial charge in [-0.05, 0) is 50.4 Å². The van der Waals surface area contributed by atoms with Gasteiger partial charge in [0, 0.05) is 24.2 Å². The number of alkyl halides is 3. The van der Waals surface area contributed by atoms with Gasteiger partial charge < -0.3 is 15.4 Å². The van der Waals surface area contributed by atoms with Crippen molar-refractivity contribution >= 4 is 27.5 Å². The number of fused-ring (bicyclic) bond motifs is 3. The predicted octanol–water partition coefficient (Wildman–Crippen LogP) is 1.52. The Kier molecular flexibility index (Phi) is 5.50. The molecule has 0 radical (unpaired) electrons. The van der Waals surface area contributed by atoms with Crippen molar-refractivity contribution < 1.29 is 31.1 Å². The van der Waals surface area contributed by atoms with Crippen LogP contribution in [0.3, 0.4) is 0 Å². The molecule has 2 aliphatic heterocycles. The number of ether oxygens (including phenoxy) is 1. The third kappa shape index (κ3) is 4.16. The lowest BCUT2D eigenvalue weighted by molar-refractivity contribution is -0.189. The molecular formula is C21H22F3N7O4S. The highest BCUT2D eigenvalue weighted by Crippen LogP contribution is 2.44. The van der Waals surface area contributed by atoms with Crippen molar-refractivity contribution in [3.63, 3.8) is 0 Å². The number of anilines is 1. The Bertz CT molecular complexity index is 1480. The van der Waals surface area contributed by atoms with Crippen LogP contribution in [0.1, 0.15) is 18.4 Å². The summed E-state index contributed by atoms with van der Waals surface area (Å²) in [7, 11) is -2.56. The van der Waals surface area contributed by atoms with Gasteiger partial charge in [0.2, 0.25) is 10.0 Å². The second kappa shape index (κ2) is 8.11.